The summed E-state index contributed by atoms with van der Waals surface area (Å²) in [5, 5.41) is 8.02. The van der Waals surface area contributed by atoms with Gasteiger partial charge < -0.3 is 10.6 Å². The Morgan fingerprint density at radius 2 is 2.25 bits per heavy atom. The maximum absolute atomic E-state index is 11.8. The second-order valence-corrected chi connectivity index (χ2v) is 5.50. The molecule has 0 aliphatic carbocycles. The number of hydrogen-bond donors (Lipinski definition) is 2. The van der Waals surface area contributed by atoms with Gasteiger partial charge in [0.05, 0.1) is 4.88 Å². The summed E-state index contributed by atoms with van der Waals surface area (Å²) in [5.41, 5.74) is 0. The van der Waals surface area contributed by atoms with Crippen LogP contribution in [0.4, 0.5) is 0 Å². The average molecular weight is 254 g/mol. The lowest BCUT2D eigenvalue weighted by Crippen LogP contribution is -2.25. The number of amides is 1. The summed E-state index contributed by atoms with van der Waals surface area (Å²) in [4.78, 5) is 12.6. The molecular formula is C11H14N2OS2. The van der Waals surface area contributed by atoms with Crippen LogP contribution in [-0.2, 0) is 0 Å². The predicted octanol–water partition coefficient (Wildman–Crippen LogP) is 2.30. The van der Waals surface area contributed by atoms with Crippen LogP contribution in [0.5, 0.6) is 0 Å². The van der Waals surface area contributed by atoms with Crippen LogP contribution in [0.3, 0.4) is 0 Å². The molecule has 2 rings (SSSR count). The van der Waals surface area contributed by atoms with Crippen LogP contribution in [0.15, 0.2) is 17.5 Å². The molecule has 0 fully saturated rings. The largest absolute Gasteiger partial charge is 0.351 e. The van der Waals surface area contributed by atoms with Crippen LogP contribution in [0.25, 0.3) is 9.40 Å². The Bertz CT molecular complexity index is 446. The molecule has 0 aliphatic heterocycles. The Morgan fingerprint density at radius 3 is 3.00 bits per heavy atom. The Balaban J connectivity index is 1.92. The summed E-state index contributed by atoms with van der Waals surface area (Å²) in [6, 6.07) is 4.03. The second kappa shape index (κ2) is 5.43. The Kier molecular flexibility index (Phi) is 3.93. The van der Waals surface area contributed by atoms with E-state index in [0.717, 1.165) is 24.4 Å². The van der Waals surface area contributed by atoms with E-state index in [-0.39, 0.29) is 5.91 Å². The minimum absolute atomic E-state index is 0.0458. The predicted molar refractivity (Wildman–Crippen MR) is 70.6 cm³/mol. The van der Waals surface area contributed by atoms with E-state index in [1.807, 2.05) is 13.1 Å². The third-order valence-corrected chi connectivity index (χ3v) is 4.34. The van der Waals surface area contributed by atoms with E-state index < -0.39 is 0 Å². The summed E-state index contributed by atoms with van der Waals surface area (Å²) < 4.78 is 2.40. The molecule has 0 spiro atoms. The third-order valence-electron chi connectivity index (χ3n) is 2.25. The van der Waals surface area contributed by atoms with Crippen molar-refractivity contribution in [2.75, 3.05) is 20.1 Å². The van der Waals surface area contributed by atoms with Crippen LogP contribution in [0, 0.1) is 0 Å². The molecule has 2 N–H and O–H groups in total. The lowest BCUT2D eigenvalue weighted by atomic mass is 10.4. The normalized spacial score (nSPS) is 10.8. The molecule has 86 valence electrons. The minimum atomic E-state index is 0.0458. The molecule has 2 aromatic rings. The lowest BCUT2D eigenvalue weighted by molar-refractivity contribution is 0.0957. The molecule has 0 radical (unpaired) electrons. The van der Waals surface area contributed by atoms with Gasteiger partial charge in [-0.1, -0.05) is 0 Å². The highest BCUT2D eigenvalue weighted by atomic mass is 32.1. The summed E-state index contributed by atoms with van der Waals surface area (Å²) in [7, 11) is 1.91. The standard InChI is InChI=1S/C11H14N2OS2/c1-12-4-2-5-13-11(14)10-7-9-8(16-10)3-6-15-9/h3,6-7,12H,2,4-5H2,1H3,(H,13,14). The fourth-order valence-corrected chi connectivity index (χ4v) is 3.46. The molecular weight excluding hydrogens is 240 g/mol. The topological polar surface area (TPSA) is 41.1 Å². The van der Waals surface area contributed by atoms with Crippen LogP contribution in [-0.4, -0.2) is 26.0 Å². The van der Waals surface area contributed by atoms with Gasteiger partial charge in [-0.25, -0.2) is 0 Å². The van der Waals surface area contributed by atoms with Crippen molar-refractivity contribution in [3.8, 4) is 0 Å². The van der Waals surface area contributed by atoms with Crippen molar-refractivity contribution in [1.82, 2.24) is 10.6 Å². The van der Waals surface area contributed by atoms with E-state index in [1.165, 1.54) is 9.40 Å². The van der Waals surface area contributed by atoms with Crippen LogP contribution >= 0.6 is 22.7 Å². The molecule has 16 heavy (non-hydrogen) atoms. The SMILES string of the molecule is CNCCCNC(=O)c1cc2sccc2s1. The van der Waals surface area contributed by atoms with Gasteiger partial charge in [0, 0.05) is 15.9 Å². The molecule has 0 unspecified atom stereocenters. The molecule has 5 heteroatoms. The van der Waals surface area contributed by atoms with E-state index in [9.17, 15) is 4.79 Å². The zero-order valence-electron chi connectivity index (χ0n) is 9.08. The van der Waals surface area contributed by atoms with Crippen molar-refractivity contribution in [3.63, 3.8) is 0 Å². The van der Waals surface area contributed by atoms with E-state index in [2.05, 4.69) is 22.1 Å². The maximum atomic E-state index is 11.8. The minimum Gasteiger partial charge on any atom is -0.351 e. The molecule has 2 aromatic heterocycles. The number of rotatable bonds is 5. The van der Waals surface area contributed by atoms with Gasteiger partial charge in [0.25, 0.3) is 5.91 Å². The average Bonchev–Trinajstić information content (AvgIpc) is 2.83. The first-order chi connectivity index (χ1) is 7.81. The van der Waals surface area contributed by atoms with Gasteiger partial charge in [0.2, 0.25) is 0 Å². The van der Waals surface area contributed by atoms with E-state index in [1.54, 1.807) is 22.7 Å². The molecule has 0 saturated heterocycles. The monoisotopic (exact) mass is 254 g/mol. The molecule has 0 aliphatic rings. The van der Waals surface area contributed by atoms with Crippen molar-refractivity contribution < 1.29 is 4.79 Å². The van der Waals surface area contributed by atoms with Crippen LogP contribution < -0.4 is 10.6 Å². The van der Waals surface area contributed by atoms with Crippen molar-refractivity contribution >= 4 is 38.0 Å². The van der Waals surface area contributed by atoms with Crippen molar-refractivity contribution in [1.29, 1.82) is 0 Å². The summed E-state index contributed by atoms with van der Waals surface area (Å²) in [6.07, 6.45) is 0.960. The van der Waals surface area contributed by atoms with Gasteiger partial charge in [0.15, 0.2) is 0 Å². The van der Waals surface area contributed by atoms with E-state index in [0.29, 0.717) is 0 Å². The van der Waals surface area contributed by atoms with Gasteiger partial charge in [0.1, 0.15) is 0 Å². The Labute approximate surface area is 102 Å². The summed E-state index contributed by atoms with van der Waals surface area (Å²) >= 11 is 3.24. The van der Waals surface area contributed by atoms with Gasteiger partial charge in [-0.15, -0.1) is 22.7 Å². The molecule has 3 nitrogen and oxygen atoms in total. The van der Waals surface area contributed by atoms with E-state index in [4.69, 9.17) is 0 Å². The molecule has 0 aromatic carbocycles. The maximum Gasteiger partial charge on any atom is 0.261 e. The quantitative estimate of drug-likeness (QED) is 0.804. The highest BCUT2D eigenvalue weighted by Gasteiger charge is 2.09. The lowest BCUT2D eigenvalue weighted by Gasteiger charge is -2.02. The van der Waals surface area contributed by atoms with Crippen molar-refractivity contribution in [2.45, 2.75) is 6.42 Å². The molecule has 2 heterocycles. The highest BCUT2D eigenvalue weighted by molar-refractivity contribution is 7.27. The molecule has 0 saturated carbocycles. The number of hydrogen-bond acceptors (Lipinski definition) is 4. The molecule has 0 atom stereocenters. The summed E-state index contributed by atoms with van der Waals surface area (Å²) in [5.74, 6) is 0.0458. The second-order valence-electron chi connectivity index (χ2n) is 3.47. The Hall–Kier alpha value is -0.910. The smallest absolute Gasteiger partial charge is 0.261 e. The Morgan fingerprint density at radius 1 is 1.38 bits per heavy atom. The first-order valence-electron chi connectivity index (χ1n) is 5.21. The highest BCUT2D eigenvalue weighted by Crippen LogP contribution is 2.29. The van der Waals surface area contributed by atoms with E-state index >= 15 is 0 Å². The summed E-state index contributed by atoms with van der Waals surface area (Å²) in [6.45, 7) is 1.66. The number of fused-ring (bicyclic) bond motifs is 1. The van der Waals surface area contributed by atoms with Crippen molar-refractivity contribution in [3.05, 3.63) is 22.4 Å². The van der Waals surface area contributed by atoms with Crippen LogP contribution in [0.2, 0.25) is 0 Å². The first-order valence-corrected chi connectivity index (χ1v) is 6.90. The van der Waals surface area contributed by atoms with Crippen LogP contribution in [0.1, 0.15) is 16.1 Å². The van der Waals surface area contributed by atoms with Gasteiger partial charge in [-0.2, -0.15) is 0 Å². The first kappa shape index (κ1) is 11.6. The number of carbonyl (C=O) groups excluding carboxylic acids is 1. The third kappa shape index (κ3) is 2.61. The number of nitrogens with one attached hydrogen (secondary N) is 2. The zero-order chi connectivity index (χ0) is 11.4. The van der Waals surface area contributed by atoms with Crippen molar-refractivity contribution in [2.24, 2.45) is 0 Å². The van der Waals surface area contributed by atoms with Gasteiger partial charge in [-0.05, 0) is 37.5 Å². The number of carbonyl (C=O) groups is 1. The van der Waals surface area contributed by atoms with Gasteiger partial charge >= 0.3 is 0 Å². The molecule has 0 bridgehead atoms. The number of thiophene rings is 2. The molecule has 1 amide bonds. The zero-order valence-corrected chi connectivity index (χ0v) is 10.7. The van der Waals surface area contributed by atoms with Gasteiger partial charge in [-0.3, -0.25) is 4.79 Å². The fraction of sp³-hybridized carbons (Fsp3) is 0.364. The fourth-order valence-electron chi connectivity index (χ4n) is 1.43.